The van der Waals surface area contributed by atoms with Crippen LogP contribution in [0.5, 0.6) is 0 Å². The van der Waals surface area contributed by atoms with Gasteiger partial charge in [0.1, 0.15) is 0 Å². The smallest absolute Gasteiger partial charge is 0.0914 e. The van der Waals surface area contributed by atoms with E-state index in [-0.39, 0.29) is 0 Å². The quantitative estimate of drug-likeness (QED) is 0.821. The minimum Gasteiger partial charge on any atom is -0.387 e. The second-order valence-electron chi connectivity index (χ2n) is 5.81. The fraction of sp³-hybridized carbons (Fsp3) is 0.389. The van der Waals surface area contributed by atoms with Crippen molar-refractivity contribution in [2.45, 2.75) is 32.9 Å². The molecule has 1 atom stereocenters. The highest BCUT2D eigenvalue weighted by atomic mass is 16.3. The molecule has 0 saturated carbocycles. The molecule has 0 saturated heterocycles. The molecule has 112 valence electrons. The van der Waals surface area contributed by atoms with Gasteiger partial charge in [-0.1, -0.05) is 44.2 Å². The average molecular weight is 284 g/mol. The molecule has 0 amide bonds. The van der Waals surface area contributed by atoms with Crippen molar-refractivity contribution in [3.8, 4) is 0 Å². The van der Waals surface area contributed by atoms with E-state index in [1.165, 1.54) is 5.56 Å². The van der Waals surface area contributed by atoms with Crippen molar-refractivity contribution in [2.75, 3.05) is 6.54 Å². The molecule has 2 rings (SSSR count). The van der Waals surface area contributed by atoms with E-state index < -0.39 is 6.10 Å². The maximum Gasteiger partial charge on any atom is 0.0914 e. The lowest BCUT2D eigenvalue weighted by Crippen LogP contribution is -2.21. The summed E-state index contributed by atoms with van der Waals surface area (Å²) >= 11 is 0. The van der Waals surface area contributed by atoms with Crippen LogP contribution in [-0.4, -0.2) is 16.6 Å². The maximum atomic E-state index is 10.2. The zero-order valence-electron chi connectivity index (χ0n) is 12.8. The molecule has 0 radical (unpaired) electrons. The van der Waals surface area contributed by atoms with Gasteiger partial charge in [-0.05, 0) is 35.6 Å². The van der Waals surface area contributed by atoms with Gasteiger partial charge in [0.2, 0.25) is 0 Å². The summed E-state index contributed by atoms with van der Waals surface area (Å²) in [7, 11) is 0. The minimum atomic E-state index is -0.484. The molecule has 0 spiro atoms. The Morgan fingerprint density at radius 1 is 1.10 bits per heavy atom. The van der Waals surface area contributed by atoms with Gasteiger partial charge in [0.05, 0.1) is 11.8 Å². The summed E-state index contributed by atoms with van der Waals surface area (Å²) in [6.07, 6.45) is 2.37. The van der Waals surface area contributed by atoms with Gasteiger partial charge in [-0.3, -0.25) is 4.98 Å². The summed E-state index contributed by atoms with van der Waals surface area (Å²) in [5, 5.41) is 13.4. The highest BCUT2D eigenvalue weighted by Crippen LogP contribution is 2.15. The summed E-state index contributed by atoms with van der Waals surface area (Å²) < 4.78 is 0. The van der Waals surface area contributed by atoms with Crippen LogP contribution in [0.15, 0.2) is 48.7 Å². The van der Waals surface area contributed by atoms with Gasteiger partial charge in [0.15, 0.2) is 0 Å². The summed E-state index contributed by atoms with van der Waals surface area (Å²) in [5.74, 6) is 0.654. The van der Waals surface area contributed by atoms with Crippen molar-refractivity contribution < 1.29 is 5.11 Å². The molecule has 2 aromatic rings. The van der Waals surface area contributed by atoms with E-state index in [4.69, 9.17) is 0 Å². The first-order chi connectivity index (χ1) is 10.1. The third-order valence-corrected chi connectivity index (χ3v) is 3.38. The topological polar surface area (TPSA) is 45.1 Å². The monoisotopic (exact) mass is 284 g/mol. The predicted molar refractivity (Wildman–Crippen MR) is 85.9 cm³/mol. The lowest BCUT2D eigenvalue weighted by atomic mass is 10.0. The number of hydrogen-bond donors (Lipinski definition) is 2. The number of benzene rings is 1. The van der Waals surface area contributed by atoms with Crippen molar-refractivity contribution in [2.24, 2.45) is 5.92 Å². The van der Waals surface area contributed by atoms with Crippen LogP contribution >= 0.6 is 0 Å². The van der Waals surface area contributed by atoms with Crippen LogP contribution in [0.1, 0.15) is 36.8 Å². The summed E-state index contributed by atoms with van der Waals surface area (Å²) in [4.78, 5) is 4.24. The molecule has 3 heteroatoms. The van der Waals surface area contributed by atoms with Crippen molar-refractivity contribution in [3.05, 3.63) is 65.5 Å². The Morgan fingerprint density at radius 2 is 1.86 bits per heavy atom. The molecule has 1 aromatic heterocycles. The van der Waals surface area contributed by atoms with Gasteiger partial charge in [0, 0.05) is 19.3 Å². The maximum absolute atomic E-state index is 10.2. The first kappa shape index (κ1) is 15.7. The Labute approximate surface area is 127 Å². The largest absolute Gasteiger partial charge is 0.387 e. The van der Waals surface area contributed by atoms with Gasteiger partial charge in [-0.2, -0.15) is 0 Å². The zero-order valence-corrected chi connectivity index (χ0v) is 12.8. The standard InChI is InChI=1S/C18H24N2O/c1-14(2)11-15-6-8-16(9-7-15)18(21)13-19-12-17-5-3-4-10-20-17/h3-10,14,18-19,21H,11-13H2,1-2H3. The number of aromatic nitrogens is 1. The lowest BCUT2D eigenvalue weighted by Gasteiger charge is -2.13. The SMILES string of the molecule is CC(C)Cc1ccc(C(O)CNCc2ccccn2)cc1. The normalized spacial score (nSPS) is 12.6. The van der Waals surface area contributed by atoms with Gasteiger partial charge < -0.3 is 10.4 Å². The van der Waals surface area contributed by atoms with Gasteiger partial charge in [0.25, 0.3) is 0 Å². The van der Waals surface area contributed by atoms with Crippen molar-refractivity contribution >= 4 is 0 Å². The van der Waals surface area contributed by atoms with E-state index in [0.717, 1.165) is 17.7 Å². The first-order valence-electron chi connectivity index (χ1n) is 7.52. The third-order valence-electron chi connectivity index (χ3n) is 3.38. The van der Waals surface area contributed by atoms with E-state index >= 15 is 0 Å². The number of rotatable bonds is 7. The highest BCUT2D eigenvalue weighted by Gasteiger charge is 2.07. The molecule has 0 aliphatic carbocycles. The average Bonchev–Trinajstić information content (AvgIpc) is 2.48. The second kappa shape index (κ2) is 7.91. The van der Waals surface area contributed by atoms with Crippen LogP contribution in [-0.2, 0) is 13.0 Å². The van der Waals surface area contributed by atoms with Crippen molar-refractivity contribution in [3.63, 3.8) is 0 Å². The Kier molecular flexibility index (Phi) is 5.90. The predicted octanol–water partition coefficient (Wildman–Crippen LogP) is 3.10. The van der Waals surface area contributed by atoms with E-state index in [1.54, 1.807) is 6.20 Å². The number of nitrogens with zero attached hydrogens (tertiary/aromatic N) is 1. The third kappa shape index (κ3) is 5.29. The van der Waals surface area contributed by atoms with Crippen LogP contribution in [0.25, 0.3) is 0 Å². The molecule has 1 unspecified atom stereocenters. The Morgan fingerprint density at radius 3 is 2.48 bits per heavy atom. The first-order valence-corrected chi connectivity index (χ1v) is 7.52. The van der Waals surface area contributed by atoms with Crippen LogP contribution in [0, 0.1) is 5.92 Å². The molecule has 1 aromatic carbocycles. The van der Waals surface area contributed by atoms with Crippen molar-refractivity contribution in [1.82, 2.24) is 10.3 Å². The minimum absolute atomic E-state index is 0.484. The molecule has 0 aliphatic heterocycles. The molecule has 0 bridgehead atoms. The van der Waals surface area contributed by atoms with Gasteiger partial charge >= 0.3 is 0 Å². The molecule has 0 aliphatic rings. The molecular weight excluding hydrogens is 260 g/mol. The number of hydrogen-bond acceptors (Lipinski definition) is 3. The molecule has 0 fully saturated rings. The molecule has 3 nitrogen and oxygen atoms in total. The summed E-state index contributed by atoms with van der Waals surface area (Å²) in [6.45, 7) is 5.62. The van der Waals surface area contributed by atoms with Gasteiger partial charge in [-0.15, -0.1) is 0 Å². The van der Waals surface area contributed by atoms with E-state index in [2.05, 4.69) is 36.3 Å². The number of aliphatic hydroxyl groups is 1. The molecule has 21 heavy (non-hydrogen) atoms. The number of aliphatic hydroxyl groups excluding tert-OH is 1. The number of pyridine rings is 1. The molecular formula is C18H24N2O. The second-order valence-corrected chi connectivity index (χ2v) is 5.81. The number of nitrogens with one attached hydrogen (secondary N) is 1. The molecule has 2 N–H and O–H groups in total. The highest BCUT2D eigenvalue weighted by molar-refractivity contribution is 5.24. The Hall–Kier alpha value is -1.71. The van der Waals surface area contributed by atoms with E-state index in [1.807, 2.05) is 30.3 Å². The fourth-order valence-electron chi connectivity index (χ4n) is 2.30. The lowest BCUT2D eigenvalue weighted by molar-refractivity contribution is 0.174. The van der Waals surface area contributed by atoms with Crippen LogP contribution < -0.4 is 5.32 Å². The van der Waals surface area contributed by atoms with Crippen LogP contribution in [0.3, 0.4) is 0 Å². The summed E-state index contributed by atoms with van der Waals surface area (Å²) in [5.41, 5.74) is 3.26. The molecule has 1 heterocycles. The zero-order chi connectivity index (χ0) is 15.1. The van der Waals surface area contributed by atoms with Gasteiger partial charge in [-0.25, -0.2) is 0 Å². The van der Waals surface area contributed by atoms with Crippen LogP contribution in [0.4, 0.5) is 0 Å². The Bertz CT molecular complexity index is 523. The van der Waals surface area contributed by atoms with Crippen LogP contribution in [0.2, 0.25) is 0 Å². The Balaban J connectivity index is 1.81. The van der Waals surface area contributed by atoms with E-state index in [9.17, 15) is 5.11 Å². The van der Waals surface area contributed by atoms with E-state index in [0.29, 0.717) is 19.0 Å². The fourth-order valence-corrected chi connectivity index (χ4v) is 2.30. The van der Waals surface area contributed by atoms with Crippen molar-refractivity contribution in [1.29, 1.82) is 0 Å². The summed E-state index contributed by atoms with van der Waals surface area (Å²) in [6, 6.07) is 14.1.